The highest BCUT2D eigenvalue weighted by Gasteiger charge is 2.35. The number of Topliss-reactive ketones (excluding diaryl/α,β-unsaturated/α-hetero) is 1. The number of nitrogens with zero attached hydrogens (tertiary/aromatic N) is 2. The average molecular weight is 485 g/mol. The monoisotopic (exact) mass is 485 g/mol. The predicted octanol–water partition coefficient (Wildman–Crippen LogP) is 3.09. The van der Waals surface area contributed by atoms with Crippen molar-refractivity contribution in [1.29, 1.82) is 0 Å². The van der Waals surface area contributed by atoms with Gasteiger partial charge in [-0.2, -0.15) is 0 Å². The molecule has 36 heavy (non-hydrogen) atoms. The molecule has 0 spiro atoms. The van der Waals surface area contributed by atoms with Crippen LogP contribution in [0.3, 0.4) is 0 Å². The molecule has 0 saturated carbocycles. The second-order valence-electron chi connectivity index (χ2n) is 8.74. The number of amides is 3. The lowest BCUT2D eigenvalue weighted by molar-refractivity contribution is 0.0474. The summed E-state index contributed by atoms with van der Waals surface area (Å²) in [6.45, 7) is 1.02. The summed E-state index contributed by atoms with van der Waals surface area (Å²) in [6.07, 6.45) is 3.38. The molecule has 1 aromatic heterocycles. The second-order valence-corrected chi connectivity index (χ2v) is 8.74. The van der Waals surface area contributed by atoms with E-state index < -0.39 is 18.4 Å². The molecule has 2 aliphatic heterocycles. The number of hydrogen-bond acceptors (Lipinski definition) is 6. The van der Waals surface area contributed by atoms with Crippen LogP contribution in [0.2, 0.25) is 0 Å². The number of esters is 1. The standard InChI is InChI=1S/C27H23N3O6/c31-23(19-13-22(28-14-19)26(34)29-11-3-4-12-29)16-36-27(35)18-9-7-17(8-10-18)15-30-24(32)20-5-1-2-6-21(20)25(30)33/h1-2,5-10,13-14,28H,3-4,11-12,15-16H2. The van der Waals surface area contributed by atoms with E-state index >= 15 is 0 Å². The van der Waals surface area contributed by atoms with Crippen LogP contribution in [0.1, 0.15) is 70.3 Å². The minimum absolute atomic E-state index is 0.0755. The Kier molecular flexibility index (Phi) is 6.20. The molecule has 1 fully saturated rings. The van der Waals surface area contributed by atoms with E-state index in [1.165, 1.54) is 24.4 Å². The van der Waals surface area contributed by atoms with E-state index in [-0.39, 0.29) is 35.4 Å². The van der Waals surface area contributed by atoms with E-state index in [9.17, 15) is 24.0 Å². The zero-order valence-corrected chi connectivity index (χ0v) is 19.4. The van der Waals surface area contributed by atoms with Gasteiger partial charge < -0.3 is 14.6 Å². The predicted molar refractivity (Wildman–Crippen MR) is 128 cm³/mol. The molecule has 3 aromatic rings. The van der Waals surface area contributed by atoms with Crippen molar-refractivity contribution in [1.82, 2.24) is 14.8 Å². The Bertz CT molecular complexity index is 1330. The van der Waals surface area contributed by atoms with Gasteiger partial charge in [-0.15, -0.1) is 0 Å². The van der Waals surface area contributed by atoms with Crippen LogP contribution in [-0.2, 0) is 11.3 Å². The van der Waals surface area contributed by atoms with Crippen molar-refractivity contribution in [3.05, 3.63) is 94.3 Å². The van der Waals surface area contributed by atoms with Crippen LogP contribution in [0, 0.1) is 0 Å². The van der Waals surface area contributed by atoms with Gasteiger partial charge in [0.2, 0.25) is 5.78 Å². The van der Waals surface area contributed by atoms with Gasteiger partial charge in [0.1, 0.15) is 5.69 Å². The van der Waals surface area contributed by atoms with Gasteiger partial charge in [-0.1, -0.05) is 24.3 Å². The molecule has 1 saturated heterocycles. The van der Waals surface area contributed by atoms with Crippen molar-refractivity contribution in [2.75, 3.05) is 19.7 Å². The lowest BCUT2D eigenvalue weighted by Gasteiger charge is -2.14. The van der Waals surface area contributed by atoms with Crippen molar-refractivity contribution in [3.8, 4) is 0 Å². The molecule has 3 heterocycles. The van der Waals surface area contributed by atoms with Crippen molar-refractivity contribution in [2.24, 2.45) is 0 Å². The van der Waals surface area contributed by atoms with Crippen LogP contribution in [0.15, 0.2) is 60.8 Å². The molecule has 182 valence electrons. The number of ketones is 1. The number of benzene rings is 2. The summed E-state index contributed by atoms with van der Waals surface area (Å²) in [5.41, 5.74) is 2.25. The smallest absolute Gasteiger partial charge is 0.338 e. The van der Waals surface area contributed by atoms with E-state index in [0.717, 1.165) is 17.7 Å². The molecule has 0 unspecified atom stereocenters. The highest BCUT2D eigenvalue weighted by Crippen LogP contribution is 2.24. The molecule has 0 radical (unpaired) electrons. The summed E-state index contributed by atoms with van der Waals surface area (Å²) in [6, 6.07) is 14.4. The number of carbonyl (C=O) groups excluding carboxylic acids is 5. The molecular weight excluding hydrogens is 462 g/mol. The van der Waals surface area contributed by atoms with Crippen molar-refractivity contribution in [2.45, 2.75) is 19.4 Å². The highest BCUT2D eigenvalue weighted by molar-refractivity contribution is 6.21. The Hall–Kier alpha value is -4.53. The number of ether oxygens (including phenoxy) is 1. The van der Waals surface area contributed by atoms with E-state index in [2.05, 4.69) is 4.98 Å². The Morgan fingerprint density at radius 3 is 2.14 bits per heavy atom. The van der Waals surface area contributed by atoms with Crippen LogP contribution < -0.4 is 0 Å². The SMILES string of the molecule is O=C(COC(=O)c1ccc(CN2C(=O)c3ccccc3C2=O)cc1)c1c[nH]c(C(=O)N2CCCC2)c1. The average Bonchev–Trinajstić information content (AvgIpc) is 3.66. The number of likely N-dealkylation sites (tertiary alicyclic amines) is 1. The number of rotatable bonds is 7. The van der Waals surface area contributed by atoms with E-state index in [1.54, 1.807) is 41.3 Å². The Labute approximate surface area is 206 Å². The molecule has 0 bridgehead atoms. The molecule has 9 nitrogen and oxygen atoms in total. The summed E-state index contributed by atoms with van der Waals surface area (Å²) < 4.78 is 5.15. The number of H-pyrrole nitrogens is 1. The summed E-state index contributed by atoms with van der Waals surface area (Å²) in [4.78, 5) is 68.1. The zero-order chi connectivity index (χ0) is 25.2. The molecule has 1 N–H and O–H groups in total. The second kappa shape index (κ2) is 9.61. The Balaban J connectivity index is 1.15. The van der Waals surface area contributed by atoms with Gasteiger partial charge in [0, 0.05) is 24.8 Å². The first-order valence-electron chi connectivity index (χ1n) is 11.6. The number of aromatic nitrogens is 1. The molecule has 5 rings (SSSR count). The number of nitrogens with one attached hydrogen (secondary N) is 1. The fraction of sp³-hybridized carbons (Fsp3) is 0.222. The van der Waals surface area contributed by atoms with Gasteiger partial charge >= 0.3 is 5.97 Å². The van der Waals surface area contributed by atoms with Crippen molar-refractivity contribution >= 4 is 29.5 Å². The quantitative estimate of drug-likeness (QED) is 0.312. The Morgan fingerprint density at radius 1 is 0.861 bits per heavy atom. The molecule has 0 atom stereocenters. The maximum Gasteiger partial charge on any atom is 0.338 e. The normalized spacial score (nSPS) is 14.8. The summed E-state index contributed by atoms with van der Waals surface area (Å²) >= 11 is 0. The lowest BCUT2D eigenvalue weighted by Crippen LogP contribution is -2.29. The van der Waals surface area contributed by atoms with Gasteiger partial charge in [0.25, 0.3) is 17.7 Å². The van der Waals surface area contributed by atoms with E-state index in [0.29, 0.717) is 35.5 Å². The molecule has 3 amide bonds. The number of hydrogen-bond donors (Lipinski definition) is 1. The summed E-state index contributed by atoms with van der Waals surface area (Å²) in [7, 11) is 0. The fourth-order valence-corrected chi connectivity index (χ4v) is 4.38. The fourth-order valence-electron chi connectivity index (χ4n) is 4.38. The first kappa shape index (κ1) is 23.2. The van der Waals surface area contributed by atoms with Crippen molar-refractivity contribution < 1.29 is 28.7 Å². The van der Waals surface area contributed by atoms with Gasteiger partial charge in [0.05, 0.1) is 23.2 Å². The number of imide groups is 1. The van der Waals surface area contributed by atoms with Crippen LogP contribution in [0.25, 0.3) is 0 Å². The third kappa shape index (κ3) is 4.43. The Morgan fingerprint density at radius 2 is 1.50 bits per heavy atom. The topological polar surface area (TPSA) is 117 Å². The van der Waals surface area contributed by atoms with Gasteiger partial charge in [-0.3, -0.25) is 24.1 Å². The molecule has 9 heteroatoms. The maximum absolute atomic E-state index is 12.5. The van der Waals surface area contributed by atoms with Gasteiger partial charge in [-0.25, -0.2) is 4.79 Å². The van der Waals surface area contributed by atoms with Crippen LogP contribution >= 0.6 is 0 Å². The largest absolute Gasteiger partial charge is 0.454 e. The van der Waals surface area contributed by atoms with Gasteiger partial charge in [0.15, 0.2) is 6.61 Å². The number of aromatic amines is 1. The van der Waals surface area contributed by atoms with Crippen LogP contribution in [-0.4, -0.2) is 64.0 Å². The van der Waals surface area contributed by atoms with E-state index in [1.807, 2.05) is 0 Å². The first-order chi connectivity index (χ1) is 17.4. The lowest BCUT2D eigenvalue weighted by atomic mass is 10.1. The highest BCUT2D eigenvalue weighted by atomic mass is 16.5. The summed E-state index contributed by atoms with van der Waals surface area (Å²) in [5.74, 6) is -1.97. The molecule has 0 aliphatic carbocycles. The zero-order valence-electron chi connectivity index (χ0n) is 19.4. The molecular formula is C27H23N3O6. The van der Waals surface area contributed by atoms with Crippen LogP contribution in [0.4, 0.5) is 0 Å². The molecule has 2 aliphatic rings. The maximum atomic E-state index is 12.5. The summed E-state index contributed by atoms with van der Waals surface area (Å²) in [5, 5.41) is 0. The number of carbonyl (C=O) groups is 5. The van der Waals surface area contributed by atoms with Crippen LogP contribution in [0.5, 0.6) is 0 Å². The minimum Gasteiger partial charge on any atom is -0.454 e. The van der Waals surface area contributed by atoms with Crippen molar-refractivity contribution in [3.63, 3.8) is 0 Å². The van der Waals surface area contributed by atoms with E-state index in [4.69, 9.17) is 4.74 Å². The van der Waals surface area contributed by atoms with Gasteiger partial charge in [-0.05, 0) is 48.7 Å². The number of fused-ring (bicyclic) bond motifs is 1. The molecule has 2 aromatic carbocycles. The minimum atomic E-state index is -0.681. The first-order valence-corrected chi connectivity index (χ1v) is 11.6. The third-order valence-corrected chi connectivity index (χ3v) is 6.37. The third-order valence-electron chi connectivity index (χ3n) is 6.37.